The predicted octanol–water partition coefficient (Wildman–Crippen LogP) is 4.22. The molecular formula is C15H13F4NO3. The number of fused-ring (bicyclic) bond motifs is 1. The number of carbonyl (C=O) groups excluding carboxylic acids is 1. The van der Waals surface area contributed by atoms with Crippen molar-refractivity contribution in [3.63, 3.8) is 0 Å². The summed E-state index contributed by atoms with van der Waals surface area (Å²) in [5.41, 5.74) is -0.585. The van der Waals surface area contributed by atoms with Crippen LogP contribution in [0.2, 0.25) is 0 Å². The van der Waals surface area contributed by atoms with Crippen molar-refractivity contribution < 1.29 is 31.8 Å². The molecule has 0 saturated heterocycles. The molecule has 0 aliphatic heterocycles. The number of hydrogen-bond acceptors (Lipinski definition) is 4. The van der Waals surface area contributed by atoms with Crippen LogP contribution in [0.25, 0.3) is 10.9 Å². The number of aryl methyl sites for hydroxylation is 1. The van der Waals surface area contributed by atoms with Crippen LogP contribution < -0.4 is 0 Å². The highest BCUT2D eigenvalue weighted by Gasteiger charge is 2.37. The lowest BCUT2D eigenvalue weighted by atomic mass is 10.0. The van der Waals surface area contributed by atoms with Gasteiger partial charge in [0.1, 0.15) is 0 Å². The van der Waals surface area contributed by atoms with Gasteiger partial charge >= 0.3 is 12.3 Å². The largest absolute Gasteiger partial charge is 0.525 e. The Kier molecular flexibility index (Phi) is 4.84. The van der Waals surface area contributed by atoms with Crippen molar-refractivity contribution in [3.8, 4) is 0 Å². The van der Waals surface area contributed by atoms with Gasteiger partial charge in [-0.1, -0.05) is 18.2 Å². The maximum atomic E-state index is 14.2. The third kappa shape index (κ3) is 3.76. The van der Waals surface area contributed by atoms with E-state index in [1.807, 2.05) is 0 Å². The third-order valence-electron chi connectivity index (χ3n) is 3.06. The van der Waals surface area contributed by atoms with Crippen molar-refractivity contribution in [2.45, 2.75) is 26.6 Å². The van der Waals surface area contributed by atoms with Crippen LogP contribution in [-0.2, 0) is 9.47 Å². The van der Waals surface area contributed by atoms with E-state index < -0.39 is 24.3 Å². The van der Waals surface area contributed by atoms with E-state index in [1.54, 1.807) is 6.07 Å². The van der Waals surface area contributed by atoms with Crippen LogP contribution in [0.5, 0.6) is 0 Å². The molecule has 1 aromatic heterocycles. The first kappa shape index (κ1) is 17.1. The van der Waals surface area contributed by atoms with Crippen LogP contribution in [-0.4, -0.2) is 23.9 Å². The number of nitrogens with zero attached hydrogens (tertiary/aromatic N) is 1. The van der Waals surface area contributed by atoms with Crippen molar-refractivity contribution in [1.29, 1.82) is 0 Å². The number of pyridine rings is 1. The van der Waals surface area contributed by atoms with Gasteiger partial charge in [-0.3, -0.25) is 9.72 Å². The number of para-hydroxylation sites is 1. The number of rotatable bonds is 4. The molecule has 0 fully saturated rings. The zero-order valence-corrected chi connectivity index (χ0v) is 12.3. The molecule has 1 atom stereocenters. The van der Waals surface area contributed by atoms with E-state index in [9.17, 15) is 22.4 Å². The molecule has 124 valence electrons. The Balaban J connectivity index is 2.70. The summed E-state index contributed by atoms with van der Waals surface area (Å²) >= 11 is 0. The van der Waals surface area contributed by atoms with Crippen molar-refractivity contribution in [2.75, 3.05) is 6.61 Å². The monoisotopic (exact) mass is 331 g/mol. The van der Waals surface area contributed by atoms with Gasteiger partial charge in [-0.25, -0.2) is 9.18 Å². The topological polar surface area (TPSA) is 48.4 Å². The fourth-order valence-electron chi connectivity index (χ4n) is 2.24. The number of esters is 1. The van der Waals surface area contributed by atoms with Crippen LogP contribution >= 0.6 is 0 Å². The Bertz CT molecular complexity index is 730. The van der Waals surface area contributed by atoms with Crippen molar-refractivity contribution in [1.82, 2.24) is 4.98 Å². The van der Waals surface area contributed by atoms with Crippen molar-refractivity contribution in [3.05, 3.63) is 41.1 Å². The molecule has 0 amide bonds. The second-order valence-corrected chi connectivity index (χ2v) is 4.60. The number of benzene rings is 1. The lowest BCUT2D eigenvalue weighted by Crippen LogP contribution is -2.20. The van der Waals surface area contributed by atoms with Crippen LogP contribution in [0, 0.1) is 6.92 Å². The van der Waals surface area contributed by atoms with Gasteiger partial charge in [0.05, 0.1) is 23.4 Å². The molecule has 1 heterocycles. The first-order valence-electron chi connectivity index (χ1n) is 6.69. The number of ether oxygens (including phenoxy) is 2. The zero-order chi connectivity index (χ0) is 17.2. The SMILES string of the molecule is CCOC(=O)c1c(C)nc2ccccc2c1C(F)OC(F)(F)F. The minimum Gasteiger partial charge on any atom is -0.462 e. The summed E-state index contributed by atoms with van der Waals surface area (Å²) in [6.45, 7) is 2.91. The van der Waals surface area contributed by atoms with Crippen molar-refractivity contribution in [2.24, 2.45) is 0 Å². The summed E-state index contributed by atoms with van der Waals surface area (Å²) in [4.78, 5) is 16.1. The first-order valence-corrected chi connectivity index (χ1v) is 6.69. The summed E-state index contributed by atoms with van der Waals surface area (Å²) in [5, 5.41) is 0.0536. The van der Waals surface area contributed by atoms with E-state index in [0.29, 0.717) is 0 Å². The quantitative estimate of drug-likeness (QED) is 0.621. The second-order valence-electron chi connectivity index (χ2n) is 4.60. The first-order chi connectivity index (χ1) is 10.7. The van der Waals surface area contributed by atoms with Crippen LogP contribution in [0.1, 0.15) is 34.9 Å². The molecule has 0 aliphatic rings. The van der Waals surface area contributed by atoms with Crippen LogP contribution in [0.15, 0.2) is 24.3 Å². The maximum Gasteiger partial charge on any atom is 0.525 e. The number of halogens is 4. The van der Waals surface area contributed by atoms with Gasteiger partial charge in [-0.2, -0.15) is 0 Å². The minimum atomic E-state index is -5.19. The van der Waals surface area contributed by atoms with Gasteiger partial charge in [0.2, 0.25) is 6.36 Å². The highest BCUT2D eigenvalue weighted by molar-refractivity contribution is 5.98. The van der Waals surface area contributed by atoms with Gasteiger partial charge < -0.3 is 4.74 Å². The van der Waals surface area contributed by atoms with Crippen LogP contribution in [0.4, 0.5) is 17.6 Å². The van der Waals surface area contributed by atoms with Crippen molar-refractivity contribution >= 4 is 16.9 Å². The molecule has 23 heavy (non-hydrogen) atoms. The number of carbonyl (C=O) groups is 1. The third-order valence-corrected chi connectivity index (χ3v) is 3.06. The van der Waals surface area contributed by atoms with E-state index >= 15 is 0 Å². The smallest absolute Gasteiger partial charge is 0.462 e. The molecule has 1 aromatic carbocycles. The summed E-state index contributed by atoms with van der Waals surface area (Å²) in [5.74, 6) is -0.952. The molecule has 4 nitrogen and oxygen atoms in total. The number of aromatic nitrogens is 1. The molecule has 0 radical (unpaired) electrons. The van der Waals surface area contributed by atoms with Gasteiger partial charge in [-0.05, 0) is 19.9 Å². The molecule has 0 saturated carbocycles. The Morgan fingerprint density at radius 2 is 1.96 bits per heavy atom. The molecule has 0 spiro atoms. The van der Waals surface area contributed by atoms with E-state index in [0.717, 1.165) is 0 Å². The maximum absolute atomic E-state index is 14.2. The van der Waals surface area contributed by atoms with E-state index in [-0.39, 0.29) is 28.8 Å². The van der Waals surface area contributed by atoms with Gasteiger partial charge in [0.15, 0.2) is 0 Å². The molecule has 0 bridgehead atoms. The molecule has 8 heteroatoms. The standard InChI is InChI=1S/C15H13F4NO3/c1-3-22-14(21)11-8(2)20-10-7-5-4-6-9(10)12(11)13(16)23-15(17,18)19/h4-7,13H,3H2,1-2H3. The highest BCUT2D eigenvalue weighted by atomic mass is 19.4. The average molecular weight is 331 g/mol. The predicted molar refractivity (Wildman–Crippen MR) is 73.4 cm³/mol. The molecule has 2 rings (SSSR count). The summed E-state index contributed by atoms with van der Waals surface area (Å²) < 4.78 is 59.6. The van der Waals surface area contributed by atoms with Gasteiger partial charge in [-0.15, -0.1) is 13.2 Å². The second kappa shape index (κ2) is 6.49. The molecule has 0 aliphatic carbocycles. The van der Waals surface area contributed by atoms with Gasteiger partial charge in [0, 0.05) is 10.9 Å². The Hall–Kier alpha value is -2.22. The zero-order valence-electron chi connectivity index (χ0n) is 12.3. The lowest BCUT2D eigenvalue weighted by Gasteiger charge is -2.18. The van der Waals surface area contributed by atoms with Gasteiger partial charge in [0.25, 0.3) is 0 Å². The molecule has 2 aromatic rings. The number of alkyl halides is 4. The molecule has 1 unspecified atom stereocenters. The lowest BCUT2D eigenvalue weighted by molar-refractivity contribution is -0.362. The summed E-state index contributed by atoms with van der Waals surface area (Å²) in [6, 6.07) is 5.96. The minimum absolute atomic E-state index is 0.0123. The van der Waals surface area contributed by atoms with E-state index in [2.05, 4.69) is 9.72 Å². The molecular weight excluding hydrogens is 318 g/mol. The molecule has 0 N–H and O–H groups in total. The Labute approximate surface area is 129 Å². The number of hydrogen-bond donors (Lipinski definition) is 0. The Morgan fingerprint density at radius 1 is 1.30 bits per heavy atom. The van der Waals surface area contributed by atoms with Crippen LogP contribution in [0.3, 0.4) is 0 Å². The summed E-state index contributed by atoms with van der Waals surface area (Å²) in [6.07, 6.45) is -8.06. The highest BCUT2D eigenvalue weighted by Crippen LogP contribution is 2.36. The van der Waals surface area contributed by atoms with E-state index in [4.69, 9.17) is 4.74 Å². The summed E-state index contributed by atoms with van der Waals surface area (Å²) in [7, 11) is 0. The normalized spacial score (nSPS) is 13.1. The Morgan fingerprint density at radius 3 is 2.57 bits per heavy atom. The fourth-order valence-corrected chi connectivity index (χ4v) is 2.24. The fraction of sp³-hybridized carbons (Fsp3) is 0.333. The van der Waals surface area contributed by atoms with E-state index in [1.165, 1.54) is 32.0 Å². The average Bonchev–Trinajstić information content (AvgIpc) is 2.44.